The molecule has 2 aliphatic heterocycles. The summed E-state index contributed by atoms with van der Waals surface area (Å²) in [6, 6.07) is 8.09. The van der Waals surface area contributed by atoms with Gasteiger partial charge < -0.3 is 15.5 Å². The number of hydrogen-bond donors (Lipinski definition) is 2. The maximum absolute atomic E-state index is 13.3. The predicted octanol–water partition coefficient (Wildman–Crippen LogP) is 2.95. The van der Waals surface area contributed by atoms with E-state index >= 15 is 0 Å². The van der Waals surface area contributed by atoms with Gasteiger partial charge in [-0.3, -0.25) is 4.79 Å². The molecule has 1 spiro atoms. The van der Waals surface area contributed by atoms with E-state index in [2.05, 4.69) is 21.7 Å². The number of anilines is 2. The number of fused-ring (bicyclic) bond motifs is 1. The van der Waals surface area contributed by atoms with Gasteiger partial charge in [0.2, 0.25) is 0 Å². The van der Waals surface area contributed by atoms with Crippen molar-refractivity contribution in [1.29, 1.82) is 0 Å². The Labute approximate surface area is 151 Å². The Bertz CT molecular complexity index is 742. The van der Waals surface area contributed by atoms with Crippen LogP contribution in [0.3, 0.4) is 0 Å². The van der Waals surface area contributed by atoms with Gasteiger partial charge in [-0.25, -0.2) is 4.98 Å². The third-order valence-electron chi connectivity index (χ3n) is 4.83. The molecule has 2 aliphatic rings. The number of amides is 1. The molecule has 1 aromatic heterocycles. The molecule has 0 radical (unpaired) electrons. The summed E-state index contributed by atoms with van der Waals surface area (Å²) in [4.78, 5) is 20.7. The lowest BCUT2D eigenvalue weighted by atomic mass is 9.84. The highest BCUT2D eigenvalue weighted by atomic mass is 35.5. The number of rotatable bonds is 2. The zero-order valence-corrected chi connectivity index (χ0v) is 15.2. The normalized spacial score (nSPS) is 18.7. The van der Waals surface area contributed by atoms with Crippen molar-refractivity contribution in [3.63, 3.8) is 0 Å². The molecule has 128 valence electrons. The molecule has 3 heterocycles. The van der Waals surface area contributed by atoms with E-state index in [1.807, 2.05) is 35.5 Å². The number of piperidine rings is 1. The van der Waals surface area contributed by atoms with Gasteiger partial charge in [0.1, 0.15) is 5.54 Å². The third kappa shape index (κ3) is 2.79. The van der Waals surface area contributed by atoms with Crippen molar-refractivity contribution in [1.82, 2.24) is 10.3 Å². The second kappa shape index (κ2) is 6.70. The van der Waals surface area contributed by atoms with Crippen LogP contribution in [0.2, 0.25) is 0 Å². The van der Waals surface area contributed by atoms with Crippen LogP contribution in [0, 0.1) is 6.92 Å². The lowest BCUT2D eigenvalue weighted by molar-refractivity contribution is -0.124. The molecular weight excluding hydrogens is 344 g/mol. The lowest BCUT2D eigenvalue weighted by Crippen LogP contribution is -2.61. The Hall–Kier alpha value is -1.63. The maximum Gasteiger partial charge on any atom is 0.253 e. The number of nitrogens with zero attached hydrogens (tertiary/aromatic N) is 2. The van der Waals surface area contributed by atoms with E-state index in [1.54, 1.807) is 11.3 Å². The van der Waals surface area contributed by atoms with Crippen LogP contribution in [0.4, 0.5) is 11.4 Å². The number of halogens is 1. The van der Waals surface area contributed by atoms with E-state index < -0.39 is 5.54 Å². The van der Waals surface area contributed by atoms with Crippen LogP contribution in [0.25, 0.3) is 0 Å². The average molecular weight is 365 g/mol. The van der Waals surface area contributed by atoms with Crippen LogP contribution in [0.15, 0.2) is 29.8 Å². The molecule has 24 heavy (non-hydrogen) atoms. The van der Waals surface area contributed by atoms with Crippen molar-refractivity contribution >= 4 is 41.0 Å². The highest BCUT2D eigenvalue weighted by molar-refractivity contribution is 7.09. The topological polar surface area (TPSA) is 57.3 Å². The molecule has 1 amide bonds. The van der Waals surface area contributed by atoms with Crippen LogP contribution < -0.4 is 15.5 Å². The summed E-state index contributed by atoms with van der Waals surface area (Å²) in [7, 11) is 0. The number of aryl methyl sites for hydroxylation is 1. The fraction of sp³-hybridized carbons (Fsp3) is 0.412. The van der Waals surface area contributed by atoms with Gasteiger partial charge in [0.15, 0.2) is 0 Å². The van der Waals surface area contributed by atoms with Gasteiger partial charge in [0.05, 0.1) is 29.1 Å². The van der Waals surface area contributed by atoms with Gasteiger partial charge in [-0.2, -0.15) is 0 Å². The van der Waals surface area contributed by atoms with Gasteiger partial charge >= 0.3 is 0 Å². The highest BCUT2D eigenvalue weighted by Gasteiger charge is 2.46. The highest BCUT2D eigenvalue weighted by Crippen LogP contribution is 2.40. The van der Waals surface area contributed by atoms with Crippen LogP contribution in [0.1, 0.15) is 23.4 Å². The standard InChI is InChI=1S/C17H20N4OS.ClH/c1-12-15(23-11-19-12)10-21-14-5-3-2-4-13(14)20-17(16(21)22)6-8-18-9-7-17;/h2-5,11,18,20H,6-10H2,1H3;1H. The monoisotopic (exact) mass is 364 g/mol. The van der Waals surface area contributed by atoms with E-state index in [-0.39, 0.29) is 18.3 Å². The van der Waals surface area contributed by atoms with Crippen LogP contribution >= 0.6 is 23.7 Å². The molecule has 0 unspecified atom stereocenters. The molecule has 0 bridgehead atoms. The molecule has 4 rings (SSSR count). The summed E-state index contributed by atoms with van der Waals surface area (Å²) in [6.07, 6.45) is 1.64. The van der Waals surface area contributed by atoms with Gasteiger partial charge in [-0.1, -0.05) is 12.1 Å². The molecular formula is C17H21ClN4OS. The van der Waals surface area contributed by atoms with Gasteiger partial charge in [0, 0.05) is 4.88 Å². The number of carbonyl (C=O) groups excluding carboxylic acids is 1. The molecule has 7 heteroatoms. The molecule has 1 aromatic carbocycles. The molecule has 1 fully saturated rings. The molecule has 0 saturated carbocycles. The van der Waals surface area contributed by atoms with Gasteiger partial charge in [-0.05, 0) is 45.0 Å². The average Bonchev–Trinajstić information content (AvgIpc) is 2.98. The summed E-state index contributed by atoms with van der Waals surface area (Å²) >= 11 is 1.62. The summed E-state index contributed by atoms with van der Waals surface area (Å²) in [6.45, 7) is 4.34. The third-order valence-corrected chi connectivity index (χ3v) is 5.75. The number of para-hydroxylation sites is 2. The summed E-state index contributed by atoms with van der Waals surface area (Å²) < 4.78 is 0. The largest absolute Gasteiger partial charge is 0.369 e. The first kappa shape index (κ1) is 17.2. The van der Waals surface area contributed by atoms with Crippen molar-refractivity contribution < 1.29 is 4.79 Å². The second-order valence-electron chi connectivity index (χ2n) is 6.23. The van der Waals surface area contributed by atoms with Gasteiger partial charge in [0.25, 0.3) is 5.91 Å². The number of aromatic nitrogens is 1. The first-order chi connectivity index (χ1) is 11.2. The number of nitrogens with one attached hydrogen (secondary N) is 2. The molecule has 0 aliphatic carbocycles. The minimum atomic E-state index is -0.474. The van der Waals surface area contributed by atoms with E-state index in [0.717, 1.165) is 47.9 Å². The predicted molar refractivity (Wildman–Crippen MR) is 100 cm³/mol. The van der Waals surface area contributed by atoms with Crippen molar-refractivity contribution in [2.45, 2.75) is 31.8 Å². The van der Waals surface area contributed by atoms with E-state index in [0.29, 0.717) is 6.54 Å². The SMILES string of the molecule is Cc1ncsc1CN1C(=O)C2(CCNCC2)Nc2ccccc21.Cl. The van der Waals surface area contributed by atoms with E-state index in [9.17, 15) is 4.79 Å². The molecule has 1 saturated heterocycles. The molecule has 5 nitrogen and oxygen atoms in total. The van der Waals surface area contributed by atoms with Crippen molar-refractivity contribution in [3.8, 4) is 0 Å². The summed E-state index contributed by atoms with van der Waals surface area (Å²) in [5, 5.41) is 6.89. The lowest BCUT2D eigenvalue weighted by Gasteiger charge is -2.45. The Morgan fingerprint density at radius 1 is 1.29 bits per heavy atom. The molecule has 0 atom stereocenters. The molecule has 2 aromatic rings. The Kier molecular flexibility index (Phi) is 4.80. The number of hydrogen-bond acceptors (Lipinski definition) is 5. The van der Waals surface area contributed by atoms with Crippen LogP contribution in [-0.4, -0.2) is 29.5 Å². The van der Waals surface area contributed by atoms with E-state index in [4.69, 9.17) is 0 Å². The first-order valence-corrected chi connectivity index (χ1v) is 8.86. The summed E-state index contributed by atoms with van der Waals surface area (Å²) in [5.74, 6) is 0.186. The van der Waals surface area contributed by atoms with Crippen molar-refractivity contribution in [2.24, 2.45) is 0 Å². The van der Waals surface area contributed by atoms with Crippen LogP contribution in [-0.2, 0) is 11.3 Å². The smallest absolute Gasteiger partial charge is 0.253 e. The number of benzene rings is 1. The zero-order chi connectivity index (χ0) is 15.9. The van der Waals surface area contributed by atoms with Crippen LogP contribution in [0.5, 0.6) is 0 Å². The zero-order valence-electron chi connectivity index (χ0n) is 13.5. The maximum atomic E-state index is 13.3. The number of thiazole rings is 1. The minimum absolute atomic E-state index is 0. The van der Waals surface area contributed by atoms with Crippen molar-refractivity contribution in [2.75, 3.05) is 23.3 Å². The minimum Gasteiger partial charge on any atom is -0.369 e. The Morgan fingerprint density at radius 2 is 2.04 bits per heavy atom. The number of carbonyl (C=O) groups is 1. The Balaban J connectivity index is 0.00000169. The second-order valence-corrected chi connectivity index (χ2v) is 7.17. The fourth-order valence-electron chi connectivity index (χ4n) is 3.46. The van der Waals surface area contributed by atoms with E-state index in [1.165, 1.54) is 0 Å². The Morgan fingerprint density at radius 3 is 2.75 bits per heavy atom. The first-order valence-electron chi connectivity index (χ1n) is 7.98. The summed E-state index contributed by atoms with van der Waals surface area (Å²) in [5.41, 5.74) is 4.41. The molecule has 2 N–H and O–H groups in total. The quantitative estimate of drug-likeness (QED) is 0.860. The van der Waals surface area contributed by atoms with Crippen molar-refractivity contribution in [3.05, 3.63) is 40.3 Å². The van der Waals surface area contributed by atoms with Gasteiger partial charge in [-0.15, -0.1) is 23.7 Å². The fourth-order valence-corrected chi connectivity index (χ4v) is 4.23.